The topological polar surface area (TPSA) is 88.1 Å². The summed E-state index contributed by atoms with van der Waals surface area (Å²) < 4.78 is 20.5. The Morgan fingerprint density at radius 3 is 1.92 bits per heavy atom. The van der Waals surface area contributed by atoms with Crippen LogP contribution in [0.15, 0.2) is 18.2 Å². The van der Waals surface area contributed by atoms with Crippen LogP contribution in [0.2, 0.25) is 0 Å². The molecule has 0 spiro atoms. The van der Waals surface area contributed by atoms with Gasteiger partial charge in [0.15, 0.2) is 6.61 Å². The zero-order chi connectivity index (χ0) is 20.1. The molecule has 0 saturated heterocycles. The zero-order valence-corrected chi connectivity index (χ0v) is 16.3. The molecule has 1 aromatic rings. The maximum absolute atomic E-state index is 12.4. The van der Waals surface area contributed by atoms with E-state index in [0.29, 0.717) is 0 Å². The quantitative estimate of drug-likeness (QED) is 0.584. The Hall–Kier alpha value is -2.57. The maximum Gasteiger partial charge on any atom is 0.343 e. The van der Waals surface area contributed by atoms with Crippen molar-refractivity contribution in [1.29, 1.82) is 0 Å². The molecule has 0 saturated carbocycles. The molecule has 1 aromatic carbocycles. The second kappa shape index (κ2) is 8.21. The minimum Gasteiger partial charge on any atom is -0.481 e. The largest absolute Gasteiger partial charge is 0.481 e. The van der Waals surface area contributed by atoms with Gasteiger partial charge in [0.2, 0.25) is 0 Å². The van der Waals surface area contributed by atoms with Crippen molar-refractivity contribution in [1.82, 2.24) is 0 Å². The van der Waals surface area contributed by atoms with Crippen molar-refractivity contribution in [2.75, 3.05) is 13.7 Å². The van der Waals surface area contributed by atoms with E-state index in [-0.39, 0.29) is 16.9 Å². The molecule has 0 radical (unpaired) electrons. The second-order valence-electron chi connectivity index (χ2n) is 7.58. The van der Waals surface area contributed by atoms with Crippen LogP contribution in [0.5, 0.6) is 5.75 Å². The van der Waals surface area contributed by atoms with E-state index in [4.69, 9.17) is 14.2 Å². The maximum atomic E-state index is 12.4. The number of hydrogen-bond donors (Lipinski definition) is 0. The average molecular weight is 366 g/mol. The van der Waals surface area contributed by atoms with Crippen LogP contribution in [-0.2, 0) is 19.0 Å². The van der Waals surface area contributed by atoms with Crippen molar-refractivity contribution in [3.63, 3.8) is 0 Å². The van der Waals surface area contributed by atoms with Gasteiger partial charge in [-0.2, -0.15) is 0 Å². The lowest BCUT2D eigenvalue weighted by Gasteiger charge is -2.21. The molecule has 0 unspecified atom stereocenters. The van der Waals surface area contributed by atoms with Gasteiger partial charge in [0.05, 0.1) is 12.7 Å². The summed E-state index contributed by atoms with van der Waals surface area (Å²) >= 11 is 0. The lowest BCUT2D eigenvalue weighted by Crippen LogP contribution is -2.25. The fourth-order valence-electron chi connectivity index (χ4n) is 1.80. The fourth-order valence-corrected chi connectivity index (χ4v) is 1.80. The van der Waals surface area contributed by atoms with Gasteiger partial charge in [-0.15, -0.1) is 0 Å². The minimum atomic E-state index is -0.708. The summed E-state index contributed by atoms with van der Waals surface area (Å²) in [5.74, 6) is -1.79. The first-order valence-corrected chi connectivity index (χ1v) is 8.13. The van der Waals surface area contributed by atoms with Gasteiger partial charge in [0, 0.05) is 0 Å². The first kappa shape index (κ1) is 21.5. The number of hydrogen-bond acceptors (Lipinski definition) is 7. The first-order chi connectivity index (χ1) is 11.8. The molecule has 7 nitrogen and oxygen atoms in total. The summed E-state index contributed by atoms with van der Waals surface area (Å²) in [7, 11) is 1.22. The van der Waals surface area contributed by atoms with Crippen molar-refractivity contribution >= 4 is 17.9 Å². The third kappa shape index (κ3) is 7.13. The van der Waals surface area contributed by atoms with Crippen molar-refractivity contribution in [3.05, 3.63) is 29.3 Å². The van der Waals surface area contributed by atoms with Crippen LogP contribution in [0, 0.1) is 0 Å². The van der Waals surface area contributed by atoms with E-state index < -0.39 is 35.7 Å². The van der Waals surface area contributed by atoms with Gasteiger partial charge in [-0.05, 0) is 59.7 Å². The van der Waals surface area contributed by atoms with Gasteiger partial charge in [0.1, 0.15) is 22.5 Å². The van der Waals surface area contributed by atoms with Crippen molar-refractivity contribution in [3.8, 4) is 5.75 Å². The number of carbonyl (C=O) groups is 3. The zero-order valence-electron chi connectivity index (χ0n) is 16.3. The molecular weight excluding hydrogens is 340 g/mol. The molecule has 0 amide bonds. The number of ether oxygens (including phenoxy) is 4. The smallest absolute Gasteiger partial charge is 0.343 e. The van der Waals surface area contributed by atoms with Crippen LogP contribution < -0.4 is 4.74 Å². The number of esters is 3. The van der Waals surface area contributed by atoms with E-state index in [2.05, 4.69) is 4.74 Å². The average Bonchev–Trinajstić information content (AvgIpc) is 2.48. The summed E-state index contributed by atoms with van der Waals surface area (Å²) in [4.78, 5) is 35.9. The summed E-state index contributed by atoms with van der Waals surface area (Å²) in [6, 6.07) is 4.19. The van der Waals surface area contributed by atoms with Crippen LogP contribution in [0.1, 0.15) is 62.3 Å². The molecule has 144 valence electrons. The third-order valence-corrected chi connectivity index (χ3v) is 2.81. The van der Waals surface area contributed by atoms with Crippen molar-refractivity contribution in [2.45, 2.75) is 52.7 Å². The van der Waals surface area contributed by atoms with Gasteiger partial charge in [-0.25, -0.2) is 14.4 Å². The van der Waals surface area contributed by atoms with E-state index in [1.165, 1.54) is 25.3 Å². The Kier molecular flexibility index (Phi) is 6.78. The first-order valence-electron chi connectivity index (χ1n) is 8.13. The summed E-state index contributed by atoms with van der Waals surface area (Å²) in [6.07, 6.45) is 0. The van der Waals surface area contributed by atoms with Crippen molar-refractivity contribution < 1.29 is 33.3 Å². The molecule has 0 fully saturated rings. The Morgan fingerprint density at radius 2 is 1.42 bits per heavy atom. The molecule has 0 aliphatic carbocycles. The molecular formula is C19H26O7. The predicted octanol–water partition coefficient (Wildman–Crippen LogP) is 3.15. The second-order valence-corrected chi connectivity index (χ2v) is 7.58. The summed E-state index contributed by atoms with van der Waals surface area (Å²) in [5.41, 5.74) is -1.10. The number of rotatable bonds is 5. The molecule has 7 heteroatoms. The highest BCUT2D eigenvalue weighted by atomic mass is 16.6. The third-order valence-electron chi connectivity index (χ3n) is 2.81. The monoisotopic (exact) mass is 366 g/mol. The van der Waals surface area contributed by atoms with Crippen LogP contribution in [-0.4, -0.2) is 42.8 Å². The molecule has 0 aliphatic heterocycles. The van der Waals surface area contributed by atoms with Crippen LogP contribution >= 0.6 is 0 Å². The van der Waals surface area contributed by atoms with E-state index in [0.717, 1.165) is 0 Å². The van der Waals surface area contributed by atoms with Gasteiger partial charge < -0.3 is 18.9 Å². The minimum absolute atomic E-state index is 0.0352. The Morgan fingerprint density at radius 1 is 0.885 bits per heavy atom. The fraction of sp³-hybridized carbons (Fsp3) is 0.526. The SMILES string of the molecule is COC(=O)COc1cc(C(=O)OC(C)(C)C)ccc1C(=O)OC(C)(C)C. The van der Waals surface area contributed by atoms with Gasteiger partial charge in [0.25, 0.3) is 0 Å². The van der Waals surface area contributed by atoms with E-state index in [9.17, 15) is 14.4 Å². The highest BCUT2D eigenvalue weighted by Crippen LogP contribution is 2.25. The Bertz CT molecular complexity index is 678. The summed E-state index contributed by atoms with van der Waals surface area (Å²) in [6.45, 7) is 10.0. The van der Waals surface area contributed by atoms with E-state index in [1.54, 1.807) is 41.5 Å². The molecule has 26 heavy (non-hydrogen) atoms. The molecule has 0 heterocycles. The number of methoxy groups -OCH3 is 1. The highest BCUT2D eigenvalue weighted by molar-refractivity contribution is 5.96. The molecule has 0 N–H and O–H groups in total. The summed E-state index contributed by atoms with van der Waals surface area (Å²) in [5, 5.41) is 0. The predicted molar refractivity (Wildman–Crippen MR) is 94.3 cm³/mol. The molecule has 0 atom stereocenters. The van der Waals surface area contributed by atoms with E-state index in [1.807, 2.05) is 0 Å². The van der Waals surface area contributed by atoms with Crippen LogP contribution in [0.4, 0.5) is 0 Å². The molecule has 0 bridgehead atoms. The normalized spacial score (nSPS) is 11.5. The Labute approximate surface area is 153 Å². The lowest BCUT2D eigenvalue weighted by atomic mass is 10.1. The van der Waals surface area contributed by atoms with Crippen molar-refractivity contribution in [2.24, 2.45) is 0 Å². The highest BCUT2D eigenvalue weighted by Gasteiger charge is 2.24. The van der Waals surface area contributed by atoms with E-state index >= 15 is 0 Å². The van der Waals surface area contributed by atoms with Crippen LogP contribution in [0.25, 0.3) is 0 Å². The van der Waals surface area contributed by atoms with Gasteiger partial charge >= 0.3 is 17.9 Å². The Balaban J connectivity index is 3.18. The number of benzene rings is 1. The van der Waals surface area contributed by atoms with Crippen LogP contribution in [0.3, 0.4) is 0 Å². The molecule has 0 aliphatic rings. The van der Waals surface area contributed by atoms with Gasteiger partial charge in [-0.1, -0.05) is 0 Å². The standard InChI is InChI=1S/C19H26O7/c1-18(2,3)25-16(21)12-8-9-13(17(22)26-19(4,5)6)14(10-12)24-11-15(20)23-7/h8-10H,11H2,1-7H3. The number of carbonyl (C=O) groups excluding carboxylic acids is 3. The molecule has 0 aromatic heterocycles. The lowest BCUT2D eigenvalue weighted by molar-refractivity contribution is -0.142. The molecule has 1 rings (SSSR count). The van der Waals surface area contributed by atoms with Gasteiger partial charge in [-0.3, -0.25) is 0 Å².